The van der Waals surface area contributed by atoms with E-state index in [4.69, 9.17) is 14.2 Å². The third-order valence-electron chi connectivity index (χ3n) is 5.49. The molecule has 2 aliphatic rings. The lowest BCUT2D eigenvalue weighted by atomic mass is 10.1. The molecular weight excluding hydrogens is 368 g/mol. The maximum absolute atomic E-state index is 13.2. The molecule has 0 unspecified atom stereocenters. The first-order valence-corrected chi connectivity index (χ1v) is 10.2. The molecule has 1 saturated heterocycles. The van der Waals surface area contributed by atoms with Crippen LogP contribution in [0.1, 0.15) is 22.8 Å². The van der Waals surface area contributed by atoms with Crippen molar-refractivity contribution in [3.63, 3.8) is 0 Å². The van der Waals surface area contributed by atoms with E-state index >= 15 is 0 Å². The van der Waals surface area contributed by atoms with Gasteiger partial charge in [0.25, 0.3) is 5.91 Å². The third kappa shape index (κ3) is 4.78. The van der Waals surface area contributed by atoms with Crippen LogP contribution in [0.15, 0.2) is 48.5 Å². The van der Waals surface area contributed by atoms with Crippen molar-refractivity contribution in [2.24, 2.45) is 0 Å². The molecule has 2 aromatic carbocycles. The number of amides is 1. The van der Waals surface area contributed by atoms with Crippen molar-refractivity contribution in [3.8, 4) is 5.75 Å². The van der Waals surface area contributed by atoms with Gasteiger partial charge in [0, 0.05) is 38.9 Å². The molecule has 0 saturated carbocycles. The Kier molecular flexibility index (Phi) is 6.44. The summed E-state index contributed by atoms with van der Waals surface area (Å²) in [6.07, 6.45) is -0.603. The molecule has 0 bridgehead atoms. The highest BCUT2D eigenvalue weighted by Crippen LogP contribution is 2.27. The lowest BCUT2D eigenvalue weighted by Crippen LogP contribution is -2.37. The molecule has 1 amide bonds. The number of fused-ring (bicyclic) bond motifs is 1. The Morgan fingerprint density at radius 3 is 2.62 bits per heavy atom. The van der Waals surface area contributed by atoms with Crippen molar-refractivity contribution >= 4 is 5.91 Å². The van der Waals surface area contributed by atoms with Gasteiger partial charge in [0.15, 0.2) is 6.10 Å². The van der Waals surface area contributed by atoms with Crippen molar-refractivity contribution in [3.05, 3.63) is 65.2 Å². The summed E-state index contributed by atoms with van der Waals surface area (Å²) in [6, 6.07) is 16.0. The number of ether oxygens (including phenoxy) is 3. The molecule has 2 aliphatic heterocycles. The number of rotatable bonds is 5. The van der Waals surface area contributed by atoms with E-state index in [9.17, 15) is 4.79 Å². The summed E-state index contributed by atoms with van der Waals surface area (Å²) in [5, 5.41) is 0. The van der Waals surface area contributed by atoms with E-state index in [0.29, 0.717) is 19.7 Å². The monoisotopic (exact) mass is 396 g/mol. The molecule has 1 atom stereocenters. The summed E-state index contributed by atoms with van der Waals surface area (Å²) < 4.78 is 16.9. The molecule has 154 valence electrons. The highest BCUT2D eigenvalue weighted by atomic mass is 16.5. The molecule has 29 heavy (non-hydrogen) atoms. The normalized spacial score (nSPS) is 18.4. The van der Waals surface area contributed by atoms with Gasteiger partial charge in [-0.25, -0.2) is 0 Å². The molecule has 0 spiro atoms. The van der Waals surface area contributed by atoms with Crippen molar-refractivity contribution in [1.82, 2.24) is 9.80 Å². The van der Waals surface area contributed by atoms with E-state index in [1.165, 1.54) is 5.56 Å². The first kappa shape index (κ1) is 19.9. The van der Waals surface area contributed by atoms with Gasteiger partial charge in [0.2, 0.25) is 0 Å². The summed E-state index contributed by atoms with van der Waals surface area (Å²) in [6.45, 7) is 5.90. The van der Waals surface area contributed by atoms with Crippen LogP contribution < -0.4 is 4.74 Å². The van der Waals surface area contributed by atoms with Crippen LogP contribution in [0.2, 0.25) is 0 Å². The third-order valence-corrected chi connectivity index (χ3v) is 5.49. The van der Waals surface area contributed by atoms with Gasteiger partial charge in [-0.15, -0.1) is 0 Å². The summed E-state index contributed by atoms with van der Waals surface area (Å²) in [5.74, 6) is 0.827. The Morgan fingerprint density at radius 1 is 1.07 bits per heavy atom. The molecule has 2 heterocycles. The number of morpholine rings is 1. The molecule has 0 radical (unpaired) electrons. The molecule has 4 rings (SSSR count). The van der Waals surface area contributed by atoms with Crippen LogP contribution in [0.5, 0.6) is 5.75 Å². The smallest absolute Gasteiger partial charge is 0.256 e. The van der Waals surface area contributed by atoms with Gasteiger partial charge < -0.3 is 19.1 Å². The van der Waals surface area contributed by atoms with Gasteiger partial charge in [-0.2, -0.15) is 0 Å². The molecule has 6 heteroatoms. The number of hydrogen-bond donors (Lipinski definition) is 0. The lowest BCUT2D eigenvalue weighted by Gasteiger charge is -2.27. The first-order chi connectivity index (χ1) is 14.2. The van der Waals surface area contributed by atoms with Crippen LogP contribution in [0, 0.1) is 0 Å². The second-order valence-electron chi connectivity index (χ2n) is 7.47. The van der Waals surface area contributed by atoms with Crippen LogP contribution in [-0.2, 0) is 27.4 Å². The quantitative estimate of drug-likeness (QED) is 0.778. The Morgan fingerprint density at radius 2 is 1.86 bits per heavy atom. The maximum Gasteiger partial charge on any atom is 0.256 e. The standard InChI is InChI=1S/C23H28N2O4/c1-27-22(19-5-3-2-4-6-19)23(26)25-11-14-29-21-8-7-18(15-20(21)17-25)16-24-9-12-28-13-10-24/h2-8,15,22H,9-14,16-17H2,1H3/t22-/m0/s1. The average Bonchev–Trinajstić information content (AvgIpc) is 2.98. The van der Waals surface area contributed by atoms with E-state index < -0.39 is 6.10 Å². The van der Waals surface area contributed by atoms with Gasteiger partial charge in [0.05, 0.1) is 19.8 Å². The van der Waals surface area contributed by atoms with Crippen molar-refractivity contribution in [2.75, 3.05) is 46.6 Å². The molecule has 2 aromatic rings. The number of hydrogen-bond acceptors (Lipinski definition) is 5. The molecular formula is C23H28N2O4. The highest BCUT2D eigenvalue weighted by Gasteiger charge is 2.28. The SMILES string of the molecule is CO[C@H](C(=O)N1CCOc2ccc(CN3CCOCC3)cc2C1)c1ccccc1. The number of carbonyl (C=O) groups is 1. The zero-order chi connectivity index (χ0) is 20.1. The zero-order valence-electron chi connectivity index (χ0n) is 16.9. The van der Waals surface area contributed by atoms with E-state index in [0.717, 1.165) is 49.7 Å². The fraction of sp³-hybridized carbons (Fsp3) is 0.435. The topological polar surface area (TPSA) is 51.2 Å². The maximum atomic E-state index is 13.2. The van der Waals surface area contributed by atoms with Gasteiger partial charge in [-0.1, -0.05) is 36.4 Å². The van der Waals surface area contributed by atoms with Crippen LogP contribution in [0.4, 0.5) is 0 Å². The second kappa shape index (κ2) is 9.39. The summed E-state index contributed by atoms with van der Waals surface area (Å²) >= 11 is 0. The summed E-state index contributed by atoms with van der Waals surface area (Å²) in [7, 11) is 1.58. The minimum atomic E-state index is -0.603. The van der Waals surface area contributed by atoms with Gasteiger partial charge in [0.1, 0.15) is 12.4 Å². The van der Waals surface area contributed by atoms with Gasteiger partial charge >= 0.3 is 0 Å². The van der Waals surface area contributed by atoms with E-state index in [1.54, 1.807) is 7.11 Å². The Balaban J connectivity index is 1.50. The lowest BCUT2D eigenvalue weighted by molar-refractivity contribution is -0.143. The van der Waals surface area contributed by atoms with E-state index in [2.05, 4.69) is 17.0 Å². The molecule has 0 aromatic heterocycles. The van der Waals surface area contributed by atoms with E-state index in [-0.39, 0.29) is 5.91 Å². The fourth-order valence-corrected chi connectivity index (χ4v) is 3.92. The highest BCUT2D eigenvalue weighted by molar-refractivity contribution is 5.82. The van der Waals surface area contributed by atoms with Crippen LogP contribution in [0.25, 0.3) is 0 Å². The first-order valence-electron chi connectivity index (χ1n) is 10.2. The molecule has 0 aliphatic carbocycles. The fourth-order valence-electron chi connectivity index (χ4n) is 3.92. The molecule has 0 N–H and O–H groups in total. The van der Waals surface area contributed by atoms with Crippen LogP contribution >= 0.6 is 0 Å². The molecule has 1 fully saturated rings. The summed E-state index contributed by atoms with van der Waals surface area (Å²) in [4.78, 5) is 17.4. The van der Waals surface area contributed by atoms with Crippen molar-refractivity contribution < 1.29 is 19.0 Å². The van der Waals surface area contributed by atoms with Crippen molar-refractivity contribution in [1.29, 1.82) is 0 Å². The average molecular weight is 396 g/mol. The van der Waals surface area contributed by atoms with Gasteiger partial charge in [-0.05, 0) is 23.3 Å². The van der Waals surface area contributed by atoms with E-state index in [1.807, 2.05) is 41.3 Å². The minimum absolute atomic E-state index is 0.0336. The largest absolute Gasteiger partial charge is 0.491 e. The Labute approximate surface area is 172 Å². The summed E-state index contributed by atoms with van der Waals surface area (Å²) in [5.41, 5.74) is 3.14. The van der Waals surface area contributed by atoms with Crippen LogP contribution in [0.3, 0.4) is 0 Å². The number of nitrogens with zero attached hydrogens (tertiary/aromatic N) is 2. The Hall–Kier alpha value is -2.41. The molecule has 6 nitrogen and oxygen atoms in total. The number of benzene rings is 2. The van der Waals surface area contributed by atoms with Gasteiger partial charge in [-0.3, -0.25) is 9.69 Å². The zero-order valence-corrected chi connectivity index (χ0v) is 16.9. The minimum Gasteiger partial charge on any atom is -0.491 e. The Bertz CT molecular complexity index is 821. The van der Waals surface area contributed by atoms with Crippen LogP contribution in [-0.4, -0.2) is 62.3 Å². The van der Waals surface area contributed by atoms with Crippen molar-refractivity contribution in [2.45, 2.75) is 19.2 Å². The predicted molar refractivity (Wildman–Crippen MR) is 110 cm³/mol. The predicted octanol–water partition coefficient (Wildman–Crippen LogP) is 2.63. The number of methoxy groups -OCH3 is 1. The second-order valence-corrected chi connectivity index (χ2v) is 7.47. The number of carbonyl (C=O) groups excluding carboxylic acids is 1.